The summed E-state index contributed by atoms with van der Waals surface area (Å²) < 4.78 is 1.18. The van der Waals surface area contributed by atoms with Gasteiger partial charge >= 0.3 is 0 Å². The maximum atomic E-state index is 5.94. The fraction of sp³-hybridized carbons (Fsp3) is 0.538. The molecule has 1 aliphatic carbocycles. The van der Waals surface area contributed by atoms with Crippen LogP contribution in [0.3, 0.4) is 0 Å². The number of benzene rings is 1. The van der Waals surface area contributed by atoms with Crippen LogP contribution >= 0.6 is 15.9 Å². The molecule has 1 atom stereocenters. The first-order valence-corrected chi connectivity index (χ1v) is 6.71. The molecule has 0 heterocycles. The van der Waals surface area contributed by atoms with Gasteiger partial charge in [-0.15, -0.1) is 0 Å². The van der Waals surface area contributed by atoms with Gasteiger partial charge in [-0.2, -0.15) is 0 Å². The zero-order chi connectivity index (χ0) is 11.6. The summed E-state index contributed by atoms with van der Waals surface area (Å²) in [6.07, 6.45) is 3.32. The monoisotopic (exact) mass is 282 g/mol. The molecule has 1 aromatic carbocycles. The number of hydrogen-bond acceptors (Lipinski definition) is 2. The van der Waals surface area contributed by atoms with Crippen molar-refractivity contribution in [2.75, 3.05) is 13.1 Å². The average molecular weight is 283 g/mol. The molecule has 3 heteroatoms. The molecule has 0 bridgehead atoms. The van der Waals surface area contributed by atoms with E-state index in [-0.39, 0.29) is 5.54 Å². The van der Waals surface area contributed by atoms with E-state index in [0.29, 0.717) is 0 Å². The van der Waals surface area contributed by atoms with E-state index >= 15 is 0 Å². The standard InChI is InChI=1S/C13H19BrN2/c1-2-16-13(9-15)6-5-10-7-12(14)4-3-11(10)8-13/h3-4,7,16H,2,5-6,8-9,15H2,1H3. The van der Waals surface area contributed by atoms with Crippen LogP contribution < -0.4 is 11.1 Å². The second kappa shape index (κ2) is 4.86. The lowest BCUT2D eigenvalue weighted by Crippen LogP contribution is -2.54. The highest BCUT2D eigenvalue weighted by molar-refractivity contribution is 9.10. The molecule has 0 spiro atoms. The normalized spacial score (nSPS) is 24.2. The minimum absolute atomic E-state index is 0.121. The molecule has 0 radical (unpaired) electrons. The van der Waals surface area contributed by atoms with Crippen molar-refractivity contribution in [3.05, 3.63) is 33.8 Å². The molecule has 2 nitrogen and oxygen atoms in total. The Morgan fingerprint density at radius 2 is 2.25 bits per heavy atom. The van der Waals surface area contributed by atoms with Gasteiger partial charge in [0.1, 0.15) is 0 Å². The SMILES string of the molecule is CCNC1(CN)CCc2cc(Br)ccc2C1. The zero-order valence-electron chi connectivity index (χ0n) is 9.72. The van der Waals surface area contributed by atoms with E-state index in [1.165, 1.54) is 15.6 Å². The summed E-state index contributed by atoms with van der Waals surface area (Å²) >= 11 is 3.53. The Morgan fingerprint density at radius 1 is 1.44 bits per heavy atom. The Kier molecular flexibility index (Phi) is 3.67. The molecular formula is C13H19BrN2. The van der Waals surface area contributed by atoms with Crippen molar-refractivity contribution < 1.29 is 0 Å². The minimum Gasteiger partial charge on any atom is -0.329 e. The number of likely N-dealkylation sites (N-methyl/N-ethyl adjacent to an activating group) is 1. The van der Waals surface area contributed by atoms with Crippen molar-refractivity contribution in [2.45, 2.75) is 31.7 Å². The smallest absolute Gasteiger partial charge is 0.0347 e. The van der Waals surface area contributed by atoms with Crippen LogP contribution in [0.4, 0.5) is 0 Å². The number of rotatable bonds is 3. The van der Waals surface area contributed by atoms with E-state index in [2.05, 4.69) is 46.4 Å². The maximum absolute atomic E-state index is 5.94. The van der Waals surface area contributed by atoms with E-state index in [0.717, 1.165) is 32.4 Å². The number of nitrogens with two attached hydrogens (primary N) is 1. The lowest BCUT2D eigenvalue weighted by Gasteiger charge is -2.38. The van der Waals surface area contributed by atoms with E-state index in [9.17, 15) is 0 Å². The van der Waals surface area contributed by atoms with E-state index in [1.807, 2.05) is 0 Å². The zero-order valence-corrected chi connectivity index (χ0v) is 11.3. The van der Waals surface area contributed by atoms with Gasteiger partial charge in [-0.1, -0.05) is 28.9 Å². The first-order chi connectivity index (χ1) is 7.69. The third-order valence-electron chi connectivity index (χ3n) is 3.51. The summed E-state index contributed by atoms with van der Waals surface area (Å²) in [6.45, 7) is 3.86. The highest BCUT2D eigenvalue weighted by Gasteiger charge is 2.32. The highest BCUT2D eigenvalue weighted by Crippen LogP contribution is 2.30. The van der Waals surface area contributed by atoms with E-state index in [1.54, 1.807) is 0 Å². The Balaban J connectivity index is 2.25. The van der Waals surface area contributed by atoms with Crippen LogP contribution in [-0.2, 0) is 12.8 Å². The molecule has 0 amide bonds. The van der Waals surface area contributed by atoms with Crippen molar-refractivity contribution in [1.82, 2.24) is 5.32 Å². The molecule has 0 fully saturated rings. The van der Waals surface area contributed by atoms with Gasteiger partial charge in [-0.05, 0) is 49.1 Å². The van der Waals surface area contributed by atoms with Crippen LogP contribution in [-0.4, -0.2) is 18.6 Å². The van der Waals surface area contributed by atoms with Crippen LogP contribution in [0.15, 0.2) is 22.7 Å². The molecule has 88 valence electrons. The van der Waals surface area contributed by atoms with Gasteiger partial charge in [0.05, 0.1) is 0 Å². The molecule has 16 heavy (non-hydrogen) atoms. The molecule has 0 saturated heterocycles. The van der Waals surface area contributed by atoms with Gasteiger partial charge in [0.15, 0.2) is 0 Å². The van der Waals surface area contributed by atoms with Gasteiger partial charge in [0.25, 0.3) is 0 Å². The molecule has 1 unspecified atom stereocenters. The number of fused-ring (bicyclic) bond motifs is 1. The Hall–Kier alpha value is -0.380. The van der Waals surface area contributed by atoms with Gasteiger partial charge < -0.3 is 11.1 Å². The average Bonchev–Trinajstić information content (AvgIpc) is 2.30. The van der Waals surface area contributed by atoms with Crippen molar-refractivity contribution in [3.63, 3.8) is 0 Å². The number of halogens is 1. The predicted octanol–water partition coefficient (Wildman–Crippen LogP) is 2.24. The van der Waals surface area contributed by atoms with E-state index < -0.39 is 0 Å². The molecule has 2 rings (SSSR count). The lowest BCUT2D eigenvalue weighted by molar-refractivity contribution is 0.300. The first-order valence-electron chi connectivity index (χ1n) is 5.91. The van der Waals surface area contributed by atoms with Crippen molar-refractivity contribution >= 4 is 15.9 Å². The molecule has 1 aliphatic rings. The van der Waals surface area contributed by atoms with Crippen LogP contribution in [0.5, 0.6) is 0 Å². The third-order valence-corrected chi connectivity index (χ3v) is 4.01. The summed E-state index contributed by atoms with van der Waals surface area (Å²) in [5.41, 5.74) is 8.97. The summed E-state index contributed by atoms with van der Waals surface area (Å²) in [4.78, 5) is 0. The maximum Gasteiger partial charge on any atom is 0.0347 e. The topological polar surface area (TPSA) is 38.0 Å². The van der Waals surface area contributed by atoms with Gasteiger partial charge in [0, 0.05) is 16.6 Å². The summed E-state index contributed by atoms with van der Waals surface area (Å²) in [7, 11) is 0. The third kappa shape index (κ3) is 2.31. The molecule has 0 aliphatic heterocycles. The largest absolute Gasteiger partial charge is 0.329 e. The molecule has 1 aromatic rings. The first kappa shape index (κ1) is 12.1. The van der Waals surface area contributed by atoms with Gasteiger partial charge in [-0.3, -0.25) is 0 Å². The Morgan fingerprint density at radius 3 is 2.94 bits per heavy atom. The van der Waals surface area contributed by atoms with Crippen molar-refractivity contribution in [2.24, 2.45) is 5.73 Å². The Labute approximate surface area is 106 Å². The number of aryl methyl sites for hydroxylation is 1. The summed E-state index contributed by atoms with van der Waals surface area (Å²) in [5, 5.41) is 3.57. The fourth-order valence-electron chi connectivity index (χ4n) is 2.60. The predicted molar refractivity (Wildman–Crippen MR) is 71.6 cm³/mol. The van der Waals surface area contributed by atoms with Crippen LogP contribution in [0, 0.1) is 0 Å². The van der Waals surface area contributed by atoms with E-state index in [4.69, 9.17) is 5.73 Å². The molecule has 0 aromatic heterocycles. The molecule has 3 N–H and O–H groups in total. The fourth-order valence-corrected chi connectivity index (χ4v) is 3.01. The van der Waals surface area contributed by atoms with Crippen LogP contribution in [0.2, 0.25) is 0 Å². The second-order valence-corrected chi connectivity index (χ2v) is 5.52. The highest BCUT2D eigenvalue weighted by atomic mass is 79.9. The quantitative estimate of drug-likeness (QED) is 0.893. The van der Waals surface area contributed by atoms with Gasteiger partial charge in [0.2, 0.25) is 0 Å². The van der Waals surface area contributed by atoms with Gasteiger partial charge in [-0.25, -0.2) is 0 Å². The number of nitrogens with one attached hydrogen (secondary N) is 1. The molecular weight excluding hydrogens is 264 g/mol. The molecule has 0 saturated carbocycles. The Bertz CT molecular complexity index is 378. The van der Waals surface area contributed by atoms with Crippen LogP contribution in [0.25, 0.3) is 0 Å². The summed E-state index contributed by atoms with van der Waals surface area (Å²) in [5.74, 6) is 0. The lowest BCUT2D eigenvalue weighted by atomic mass is 9.78. The van der Waals surface area contributed by atoms with Crippen molar-refractivity contribution in [1.29, 1.82) is 0 Å². The summed E-state index contributed by atoms with van der Waals surface area (Å²) in [6, 6.07) is 6.58. The minimum atomic E-state index is 0.121. The van der Waals surface area contributed by atoms with Crippen LogP contribution in [0.1, 0.15) is 24.5 Å². The van der Waals surface area contributed by atoms with Crippen molar-refractivity contribution in [3.8, 4) is 0 Å². The number of hydrogen-bond donors (Lipinski definition) is 2. The second-order valence-electron chi connectivity index (χ2n) is 4.60.